The molecule has 0 aliphatic rings. The Kier molecular flexibility index (Phi) is 3.81. The van der Waals surface area contributed by atoms with Gasteiger partial charge in [0.1, 0.15) is 11.9 Å². The summed E-state index contributed by atoms with van der Waals surface area (Å²) in [7, 11) is 0. The molecule has 2 aromatic rings. The topological polar surface area (TPSA) is 61.9 Å². The molecule has 1 aromatic heterocycles. The second kappa shape index (κ2) is 5.53. The molecule has 0 aliphatic carbocycles. The molecule has 1 atom stereocenters. The van der Waals surface area contributed by atoms with Crippen LogP contribution in [0.25, 0.3) is 11.5 Å². The fourth-order valence-electron chi connectivity index (χ4n) is 1.54. The molecule has 0 fully saturated rings. The summed E-state index contributed by atoms with van der Waals surface area (Å²) < 4.78 is 18.4. The monoisotopic (exact) mass is 259 g/mol. The maximum Gasteiger partial charge on any atom is 0.232 e. The van der Waals surface area contributed by atoms with E-state index in [0.717, 1.165) is 6.42 Å². The molecule has 0 amide bonds. The first-order valence-corrected chi connectivity index (χ1v) is 6.07. The van der Waals surface area contributed by atoms with E-state index in [4.69, 9.17) is 9.68 Å². The van der Waals surface area contributed by atoms with E-state index in [-0.39, 0.29) is 17.6 Å². The number of nitriles is 1. The maximum absolute atomic E-state index is 12.9. The molecule has 0 radical (unpaired) electrons. The average Bonchev–Trinajstić information content (AvgIpc) is 2.82. The Hall–Kier alpha value is -2.35. The number of benzene rings is 1. The fraction of sp³-hybridized carbons (Fsp3) is 0.286. The zero-order valence-corrected chi connectivity index (χ0v) is 10.8. The molecule has 1 aromatic carbocycles. The highest BCUT2D eigenvalue weighted by Crippen LogP contribution is 2.26. The van der Waals surface area contributed by atoms with E-state index in [0.29, 0.717) is 17.3 Å². The maximum atomic E-state index is 12.9. The van der Waals surface area contributed by atoms with Crippen molar-refractivity contribution < 1.29 is 8.81 Å². The van der Waals surface area contributed by atoms with Crippen molar-refractivity contribution >= 4 is 5.88 Å². The molecule has 1 unspecified atom stereocenters. The van der Waals surface area contributed by atoms with Crippen LogP contribution in [0, 0.1) is 17.1 Å². The van der Waals surface area contributed by atoms with Gasteiger partial charge in [0.15, 0.2) is 0 Å². The Balaban J connectivity index is 2.33. The molecule has 0 bridgehead atoms. The van der Waals surface area contributed by atoms with Crippen molar-refractivity contribution in [2.75, 3.05) is 5.32 Å². The Labute approximate surface area is 110 Å². The highest BCUT2D eigenvalue weighted by atomic mass is 19.1. The second-order valence-electron chi connectivity index (χ2n) is 4.27. The minimum Gasteiger partial charge on any atom is -0.419 e. The summed E-state index contributed by atoms with van der Waals surface area (Å²) in [4.78, 5) is 4.10. The standard InChI is InChI=1S/C14H14FN3O/c1-3-9(2)17-14-12(8-16)18-13(19-14)10-4-6-11(15)7-5-10/h4-7,9,17H,3H2,1-2H3. The second-order valence-corrected chi connectivity index (χ2v) is 4.27. The lowest BCUT2D eigenvalue weighted by Gasteiger charge is -2.09. The predicted octanol–water partition coefficient (Wildman–Crippen LogP) is 3.56. The van der Waals surface area contributed by atoms with Crippen LogP contribution in [0.1, 0.15) is 26.0 Å². The Morgan fingerprint density at radius 3 is 2.68 bits per heavy atom. The molecule has 0 spiro atoms. The van der Waals surface area contributed by atoms with Crippen molar-refractivity contribution in [3.8, 4) is 17.5 Å². The van der Waals surface area contributed by atoms with E-state index in [1.165, 1.54) is 12.1 Å². The first kappa shape index (κ1) is 13.1. The molecular formula is C14H14FN3O. The zero-order chi connectivity index (χ0) is 13.8. The fourth-order valence-corrected chi connectivity index (χ4v) is 1.54. The van der Waals surface area contributed by atoms with Crippen LogP contribution in [0.15, 0.2) is 28.7 Å². The first-order chi connectivity index (χ1) is 9.13. The van der Waals surface area contributed by atoms with Crippen molar-refractivity contribution in [3.63, 3.8) is 0 Å². The zero-order valence-electron chi connectivity index (χ0n) is 10.8. The van der Waals surface area contributed by atoms with Crippen LogP contribution in [0.4, 0.5) is 10.3 Å². The molecule has 1 heterocycles. The number of nitrogens with zero attached hydrogens (tertiary/aromatic N) is 2. The third kappa shape index (κ3) is 2.91. The summed E-state index contributed by atoms with van der Waals surface area (Å²) in [6, 6.07) is 7.95. The Morgan fingerprint density at radius 1 is 1.42 bits per heavy atom. The lowest BCUT2D eigenvalue weighted by Crippen LogP contribution is -2.13. The van der Waals surface area contributed by atoms with Gasteiger partial charge in [0, 0.05) is 11.6 Å². The van der Waals surface area contributed by atoms with Crippen LogP contribution in [0.5, 0.6) is 0 Å². The van der Waals surface area contributed by atoms with Gasteiger partial charge in [-0.05, 0) is 37.6 Å². The lowest BCUT2D eigenvalue weighted by molar-refractivity contribution is 0.572. The normalized spacial score (nSPS) is 11.9. The van der Waals surface area contributed by atoms with E-state index in [9.17, 15) is 4.39 Å². The summed E-state index contributed by atoms with van der Waals surface area (Å²) >= 11 is 0. The van der Waals surface area contributed by atoms with Gasteiger partial charge in [0.05, 0.1) is 0 Å². The highest BCUT2D eigenvalue weighted by Gasteiger charge is 2.15. The van der Waals surface area contributed by atoms with Gasteiger partial charge in [-0.3, -0.25) is 0 Å². The molecule has 0 saturated carbocycles. The van der Waals surface area contributed by atoms with Gasteiger partial charge < -0.3 is 9.73 Å². The number of nitrogens with one attached hydrogen (secondary N) is 1. The molecule has 0 saturated heterocycles. The first-order valence-electron chi connectivity index (χ1n) is 6.07. The van der Waals surface area contributed by atoms with Crippen LogP contribution >= 0.6 is 0 Å². The molecule has 0 aliphatic heterocycles. The molecule has 98 valence electrons. The third-order valence-electron chi connectivity index (χ3n) is 2.81. The summed E-state index contributed by atoms with van der Waals surface area (Å²) in [6.07, 6.45) is 0.900. The lowest BCUT2D eigenvalue weighted by atomic mass is 10.2. The average molecular weight is 259 g/mol. The summed E-state index contributed by atoms with van der Waals surface area (Å²) in [6.45, 7) is 4.02. The number of oxazole rings is 1. The Morgan fingerprint density at radius 2 is 2.11 bits per heavy atom. The third-order valence-corrected chi connectivity index (χ3v) is 2.81. The van der Waals surface area contributed by atoms with E-state index in [2.05, 4.69) is 10.3 Å². The van der Waals surface area contributed by atoms with Crippen LogP contribution in [-0.2, 0) is 0 Å². The molecule has 4 nitrogen and oxygen atoms in total. The SMILES string of the molecule is CCC(C)Nc1oc(-c2ccc(F)cc2)nc1C#N. The number of hydrogen-bond donors (Lipinski definition) is 1. The van der Waals surface area contributed by atoms with Crippen LogP contribution in [-0.4, -0.2) is 11.0 Å². The minimum atomic E-state index is -0.325. The highest BCUT2D eigenvalue weighted by molar-refractivity contribution is 5.58. The summed E-state index contributed by atoms with van der Waals surface area (Å²) in [5.41, 5.74) is 0.842. The number of anilines is 1. The number of halogens is 1. The number of hydrogen-bond acceptors (Lipinski definition) is 4. The number of rotatable bonds is 4. The van der Waals surface area contributed by atoms with Crippen molar-refractivity contribution in [2.45, 2.75) is 26.3 Å². The molecule has 1 N–H and O–H groups in total. The van der Waals surface area contributed by atoms with Crippen molar-refractivity contribution in [1.82, 2.24) is 4.98 Å². The van der Waals surface area contributed by atoms with Gasteiger partial charge >= 0.3 is 0 Å². The summed E-state index contributed by atoms with van der Waals surface area (Å²) in [5.74, 6) is 0.340. The van der Waals surface area contributed by atoms with E-state index < -0.39 is 0 Å². The Bertz CT molecular complexity index is 598. The van der Waals surface area contributed by atoms with Gasteiger partial charge in [-0.2, -0.15) is 10.2 Å². The smallest absolute Gasteiger partial charge is 0.232 e. The minimum absolute atomic E-state index is 0.182. The molecule has 19 heavy (non-hydrogen) atoms. The van der Waals surface area contributed by atoms with Gasteiger partial charge in [0.2, 0.25) is 17.5 Å². The predicted molar refractivity (Wildman–Crippen MR) is 70.0 cm³/mol. The van der Waals surface area contributed by atoms with Crippen molar-refractivity contribution in [3.05, 3.63) is 35.8 Å². The molecule has 2 rings (SSSR count). The van der Waals surface area contributed by atoms with E-state index in [1.54, 1.807) is 12.1 Å². The van der Waals surface area contributed by atoms with Crippen LogP contribution in [0.2, 0.25) is 0 Å². The number of aromatic nitrogens is 1. The quantitative estimate of drug-likeness (QED) is 0.911. The van der Waals surface area contributed by atoms with Crippen LogP contribution in [0.3, 0.4) is 0 Å². The van der Waals surface area contributed by atoms with Crippen molar-refractivity contribution in [2.24, 2.45) is 0 Å². The van der Waals surface area contributed by atoms with E-state index >= 15 is 0 Å². The van der Waals surface area contributed by atoms with Gasteiger partial charge in [-0.25, -0.2) is 4.39 Å². The largest absolute Gasteiger partial charge is 0.419 e. The summed E-state index contributed by atoms with van der Waals surface area (Å²) in [5, 5.41) is 12.1. The van der Waals surface area contributed by atoms with Crippen molar-refractivity contribution in [1.29, 1.82) is 5.26 Å². The van der Waals surface area contributed by atoms with Gasteiger partial charge in [0.25, 0.3) is 0 Å². The van der Waals surface area contributed by atoms with E-state index in [1.807, 2.05) is 19.9 Å². The molecule has 5 heteroatoms. The van der Waals surface area contributed by atoms with Crippen LogP contribution < -0.4 is 5.32 Å². The molecular weight excluding hydrogens is 245 g/mol. The van der Waals surface area contributed by atoms with Gasteiger partial charge in [-0.1, -0.05) is 6.92 Å². The van der Waals surface area contributed by atoms with Gasteiger partial charge in [-0.15, -0.1) is 0 Å².